The van der Waals surface area contributed by atoms with Crippen molar-refractivity contribution in [3.8, 4) is 0 Å². The number of hydrogen-bond acceptors (Lipinski definition) is 5. The number of carbonyl (C=O) groups excluding carboxylic acids is 2. The molecule has 2 rings (SSSR count). The molecule has 0 radical (unpaired) electrons. The average molecular weight is 348 g/mol. The highest BCUT2D eigenvalue weighted by molar-refractivity contribution is 5.96. The van der Waals surface area contributed by atoms with Crippen molar-refractivity contribution < 1.29 is 23.8 Å². The highest BCUT2D eigenvalue weighted by atomic mass is 16.6. The monoisotopic (exact) mass is 348 g/mol. The van der Waals surface area contributed by atoms with Gasteiger partial charge in [0.05, 0.1) is 30.6 Å². The maximum atomic E-state index is 12.6. The van der Waals surface area contributed by atoms with Crippen molar-refractivity contribution in [1.82, 2.24) is 4.90 Å². The molecule has 0 unspecified atom stereocenters. The lowest BCUT2D eigenvalue weighted by molar-refractivity contribution is -0.427. The quantitative estimate of drug-likeness (QED) is 0.473. The van der Waals surface area contributed by atoms with Gasteiger partial charge in [-0.05, 0) is 26.8 Å². The van der Waals surface area contributed by atoms with Crippen molar-refractivity contribution in [1.29, 1.82) is 0 Å². The topological polar surface area (TPSA) is 92.8 Å². The summed E-state index contributed by atoms with van der Waals surface area (Å²) in [5.74, 6) is -0.302. The Labute approximate surface area is 145 Å². The zero-order chi connectivity index (χ0) is 18.8. The Kier molecular flexibility index (Phi) is 5.20. The molecule has 0 N–H and O–H groups in total. The van der Waals surface area contributed by atoms with Crippen LogP contribution in [0.1, 0.15) is 36.7 Å². The third kappa shape index (κ3) is 3.84. The van der Waals surface area contributed by atoms with Crippen molar-refractivity contribution in [3.63, 3.8) is 0 Å². The van der Waals surface area contributed by atoms with E-state index < -0.39 is 16.6 Å². The smallest absolute Gasteiger partial charge is 0.419 e. The molecule has 1 aliphatic rings. The first kappa shape index (κ1) is 18.6. The molecule has 0 fully saturated rings. The molecule has 0 aromatic heterocycles. The SMILES string of the molecule is COC(=O)N(CC[N+]1=CCc2c(cccc2[N+](=O)[O-])C1=O)C(C)(C)C. The number of ether oxygens (including phenoxy) is 1. The summed E-state index contributed by atoms with van der Waals surface area (Å²) in [7, 11) is 1.31. The molecule has 0 saturated carbocycles. The zero-order valence-corrected chi connectivity index (χ0v) is 14.8. The number of carbonyl (C=O) groups is 2. The van der Waals surface area contributed by atoms with Crippen LogP contribution in [0.5, 0.6) is 0 Å². The van der Waals surface area contributed by atoms with E-state index in [4.69, 9.17) is 4.74 Å². The van der Waals surface area contributed by atoms with E-state index >= 15 is 0 Å². The van der Waals surface area contributed by atoms with Gasteiger partial charge in [0.1, 0.15) is 5.56 Å². The van der Waals surface area contributed by atoms with Crippen molar-refractivity contribution in [2.45, 2.75) is 32.7 Å². The summed E-state index contributed by atoms with van der Waals surface area (Å²) in [5, 5.41) is 11.1. The molecule has 8 nitrogen and oxygen atoms in total. The van der Waals surface area contributed by atoms with Gasteiger partial charge in [0.15, 0.2) is 12.8 Å². The Hall–Kier alpha value is -2.77. The Morgan fingerprint density at radius 1 is 1.40 bits per heavy atom. The third-order valence-corrected chi connectivity index (χ3v) is 4.12. The van der Waals surface area contributed by atoms with E-state index in [9.17, 15) is 19.7 Å². The maximum Gasteiger partial charge on any atom is 0.419 e. The van der Waals surface area contributed by atoms with Crippen molar-refractivity contribution in [2.24, 2.45) is 0 Å². The van der Waals surface area contributed by atoms with Crippen LogP contribution in [0.4, 0.5) is 10.5 Å². The second-order valence-electron chi connectivity index (χ2n) is 6.74. The summed E-state index contributed by atoms with van der Waals surface area (Å²) >= 11 is 0. The fraction of sp³-hybridized carbons (Fsp3) is 0.471. The van der Waals surface area contributed by atoms with Crippen molar-refractivity contribution in [3.05, 3.63) is 39.4 Å². The lowest BCUT2D eigenvalue weighted by atomic mass is 9.99. The third-order valence-electron chi connectivity index (χ3n) is 4.12. The predicted octanol–water partition coefficient (Wildman–Crippen LogP) is 2.24. The number of benzene rings is 1. The Morgan fingerprint density at radius 3 is 2.64 bits per heavy atom. The van der Waals surface area contributed by atoms with Crippen LogP contribution in [-0.2, 0) is 11.2 Å². The van der Waals surface area contributed by atoms with Crippen LogP contribution >= 0.6 is 0 Å². The van der Waals surface area contributed by atoms with Gasteiger partial charge in [-0.1, -0.05) is 6.07 Å². The minimum absolute atomic E-state index is 0.0485. The number of rotatable bonds is 4. The van der Waals surface area contributed by atoms with Crippen molar-refractivity contribution >= 4 is 23.9 Å². The lowest BCUT2D eigenvalue weighted by Crippen LogP contribution is -2.48. The number of nitrogens with zero attached hydrogens (tertiary/aromatic N) is 3. The minimum Gasteiger partial charge on any atom is -0.453 e. The van der Waals surface area contributed by atoms with Crippen LogP contribution in [0.15, 0.2) is 18.2 Å². The number of nitro groups is 1. The second-order valence-corrected chi connectivity index (χ2v) is 6.74. The average Bonchev–Trinajstić information content (AvgIpc) is 2.54. The van der Waals surface area contributed by atoms with Crippen LogP contribution in [0.25, 0.3) is 0 Å². The molecule has 0 bridgehead atoms. The standard InChI is InChI=1S/C17H22N3O5/c1-17(2,3)19(16(22)25-4)11-10-18-9-8-12-13(15(18)21)6-5-7-14(12)20(23)24/h5-7,9H,8,10-11H2,1-4H3/q+1. The van der Waals surface area contributed by atoms with Gasteiger partial charge in [-0.3, -0.25) is 15.0 Å². The summed E-state index contributed by atoms with van der Waals surface area (Å²) in [5.41, 5.74) is 0.252. The van der Waals surface area contributed by atoms with E-state index in [1.165, 1.54) is 28.7 Å². The van der Waals surface area contributed by atoms with E-state index in [0.717, 1.165) is 0 Å². The Morgan fingerprint density at radius 2 is 2.08 bits per heavy atom. The van der Waals surface area contributed by atoms with Gasteiger partial charge < -0.3 is 4.74 Å². The number of amides is 2. The van der Waals surface area contributed by atoms with Gasteiger partial charge in [0.25, 0.3) is 5.69 Å². The van der Waals surface area contributed by atoms with Gasteiger partial charge in [-0.25, -0.2) is 9.59 Å². The highest BCUT2D eigenvalue weighted by Crippen LogP contribution is 2.25. The molecule has 2 amide bonds. The number of fused-ring (bicyclic) bond motifs is 1. The largest absolute Gasteiger partial charge is 0.453 e. The lowest BCUT2D eigenvalue weighted by Gasteiger charge is -2.33. The van der Waals surface area contributed by atoms with Gasteiger partial charge in [0, 0.05) is 11.6 Å². The Bertz CT molecular complexity index is 749. The van der Waals surface area contributed by atoms with Crippen LogP contribution in [-0.4, -0.2) is 58.4 Å². The molecule has 25 heavy (non-hydrogen) atoms. The van der Waals surface area contributed by atoms with Gasteiger partial charge in [-0.2, -0.15) is 4.58 Å². The van der Waals surface area contributed by atoms with Crippen molar-refractivity contribution in [2.75, 3.05) is 20.2 Å². The van der Waals surface area contributed by atoms with Gasteiger partial charge in [0.2, 0.25) is 0 Å². The van der Waals surface area contributed by atoms with E-state index in [1.807, 2.05) is 20.8 Å². The van der Waals surface area contributed by atoms with Crippen LogP contribution < -0.4 is 0 Å². The van der Waals surface area contributed by atoms with Crippen LogP contribution in [0, 0.1) is 10.1 Å². The predicted molar refractivity (Wildman–Crippen MR) is 91.2 cm³/mol. The number of hydrogen-bond donors (Lipinski definition) is 0. The van der Waals surface area contributed by atoms with Crippen LogP contribution in [0.2, 0.25) is 0 Å². The molecule has 134 valence electrons. The molecule has 1 aromatic rings. The van der Waals surface area contributed by atoms with Gasteiger partial charge >= 0.3 is 12.0 Å². The number of methoxy groups -OCH3 is 1. The summed E-state index contributed by atoms with van der Waals surface area (Å²) in [6.07, 6.45) is 1.47. The molecule has 8 heteroatoms. The summed E-state index contributed by atoms with van der Waals surface area (Å²) < 4.78 is 6.30. The summed E-state index contributed by atoms with van der Waals surface area (Å²) in [6.45, 7) is 6.22. The summed E-state index contributed by atoms with van der Waals surface area (Å²) in [4.78, 5) is 36.7. The zero-order valence-electron chi connectivity index (χ0n) is 14.8. The molecule has 1 heterocycles. The second kappa shape index (κ2) is 7.00. The molecular formula is C17H22N3O5+. The fourth-order valence-corrected chi connectivity index (χ4v) is 2.81. The summed E-state index contributed by atoms with van der Waals surface area (Å²) in [6, 6.07) is 4.50. The van der Waals surface area contributed by atoms with Crippen LogP contribution in [0.3, 0.4) is 0 Å². The molecule has 1 aliphatic heterocycles. The Balaban J connectivity index is 2.20. The van der Waals surface area contributed by atoms with E-state index in [-0.39, 0.29) is 18.1 Å². The molecule has 0 saturated heterocycles. The molecular weight excluding hydrogens is 326 g/mol. The maximum absolute atomic E-state index is 12.6. The minimum atomic E-state index is -0.478. The first-order valence-corrected chi connectivity index (χ1v) is 7.93. The highest BCUT2D eigenvalue weighted by Gasteiger charge is 2.34. The fourth-order valence-electron chi connectivity index (χ4n) is 2.81. The van der Waals surface area contributed by atoms with E-state index in [0.29, 0.717) is 24.1 Å². The number of nitro benzene ring substituents is 1. The first-order chi connectivity index (χ1) is 11.7. The molecule has 1 aromatic carbocycles. The first-order valence-electron chi connectivity index (χ1n) is 7.93. The van der Waals surface area contributed by atoms with E-state index in [2.05, 4.69) is 0 Å². The molecule has 0 atom stereocenters. The van der Waals surface area contributed by atoms with E-state index in [1.54, 1.807) is 12.3 Å². The normalized spacial score (nSPS) is 13.8. The van der Waals surface area contributed by atoms with Gasteiger partial charge in [-0.15, -0.1) is 0 Å². The molecule has 0 spiro atoms. The molecule has 0 aliphatic carbocycles.